The summed E-state index contributed by atoms with van der Waals surface area (Å²) in [7, 11) is -4.24. The maximum Gasteiger partial charge on any atom is 0.303 e. The lowest BCUT2D eigenvalue weighted by molar-refractivity contribution is -0.137. The predicted molar refractivity (Wildman–Crippen MR) is 138 cm³/mol. The topological polar surface area (TPSA) is 83.9 Å². The van der Waals surface area contributed by atoms with Gasteiger partial charge < -0.3 is 9.84 Å². The summed E-state index contributed by atoms with van der Waals surface area (Å²) >= 11 is 6.15. The lowest BCUT2D eigenvalue weighted by Crippen LogP contribution is -2.44. The van der Waals surface area contributed by atoms with Crippen molar-refractivity contribution in [2.75, 3.05) is 10.8 Å². The number of fused-ring (bicyclic) bond motifs is 1. The highest BCUT2D eigenvalue weighted by Crippen LogP contribution is 2.42. The van der Waals surface area contributed by atoms with Crippen LogP contribution < -0.4 is 9.04 Å². The summed E-state index contributed by atoms with van der Waals surface area (Å²) in [4.78, 5) is 11.1. The Hall–Kier alpha value is -3.43. The standard InChI is InChI=1S/C27H24ClF2NO5S/c1-16-5-3-6-20(13-16)37(34,35)31-15-19(10-12-24(32)33)36-23-11-9-18(26(30)27(23)31)14-17(2)25-21(28)7-4-8-22(25)29/h3-9,11,13-14,19H,10,12,15H2,1-2H3,(H,32,33)/b17-14+/t19-/m0/s1. The van der Waals surface area contributed by atoms with Crippen LogP contribution in [0.25, 0.3) is 11.6 Å². The zero-order valence-corrected chi connectivity index (χ0v) is 21.6. The van der Waals surface area contributed by atoms with Gasteiger partial charge in [0.05, 0.1) is 16.5 Å². The summed E-state index contributed by atoms with van der Waals surface area (Å²) in [5.41, 5.74) is 0.856. The van der Waals surface area contributed by atoms with Gasteiger partial charge in [-0.15, -0.1) is 0 Å². The van der Waals surface area contributed by atoms with Gasteiger partial charge >= 0.3 is 5.97 Å². The normalized spacial score (nSPS) is 15.8. The smallest absolute Gasteiger partial charge is 0.303 e. The molecule has 3 aromatic carbocycles. The summed E-state index contributed by atoms with van der Waals surface area (Å²) in [5, 5.41) is 9.23. The van der Waals surface area contributed by atoms with Crippen LogP contribution >= 0.6 is 11.6 Å². The van der Waals surface area contributed by atoms with E-state index in [9.17, 15) is 17.6 Å². The van der Waals surface area contributed by atoms with E-state index in [0.717, 1.165) is 4.31 Å². The molecule has 0 aliphatic carbocycles. The van der Waals surface area contributed by atoms with Crippen molar-refractivity contribution in [1.29, 1.82) is 0 Å². The number of anilines is 1. The third-order valence-electron chi connectivity index (χ3n) is 6.01. The molecule has 1 N–H and O–H groups in total. The molecule has 3 aromatic rings. The summed E-state index contributed by atoms with van der Waals surface area (Å²) in [6, 6.07) is 13.2. The first-order valence-electron chi connectivity index (χ1n) is 11.4. The van der Waals surface area contributed by atoms with Crippen molar-refractivity contribution in [3.05, 3.63) is 87.9 Å². The Kier molecular flexibility index (Phi) is 7.57. The average molecular weight is 548 g/mol. The molecule has 1 aliphatic heterocycles. The fourth-order valence-corrected chi connectivity index (χ4v) is 6.16. The van der Waals surface area contributed by atoms with Crippen molar-refractivity contribution in [3.63, 3.8) is 0 Å². The first-order valence-corrected chi connectivity index (χ1v) is 13.2. The Morgan fingerprint density at radius 3 is 2.59 bits per heavy atom. The first-order chi connectivity index (χ1) is 17.5. The van der Waals surface area contributed by atoms with E-state index in [-0.39, 0.29) is 51.9 Å². The molecule has 0 unspecified atom stereocenters. The van der Waals surface area contributed by atoms with Gasteiger partial charge in [-0.1, -0.05) is 29.8 Å². The minimum absolute atomic E-state index is 0.00704. The Morgan fingerprint density at radius 1 is 1.19 bits per heavy atom. The van der Waals surface area contributed by atoms with Crippen LogP contribution in [0.15, 0.2) is 59.5 Å². The fourth-order valence-electron chi connectivity index (χ4n) is 4.23. The number of benzene rings is 3. The number of halogens is 3. The molecule has 0 radical (unpaired) electrons. The number of carboxylic acid groups (broad SMARTS) is 1. The number of hydrogen-bond donors (Lipinski definition) is 1. The molecule has 0 spiro atoms. The molecule has 194 valence electrons. The molecule has 0 aromatic heterocycles. The van der Waals surface area contributed by atoms with Crippen molar-refractivity contribution >= 4 is 44.9 Å². The van der Waals surface area contributed by atoms with Crippen LogP contribution in [0.5, 0.6) is 5.75 Å². The molecule has 1 heterocycles. The van der Waals surface area contributed by atoms with Crippen molar-refractivity contribution < 1.29 is 31.8 Å². The van der Waals surface area contributed by atoms with Crippen LogP contribution in [0.4, 0.5) is 14.5 Å². The summed E-state index contributed by atoms with van der Waals surface area (Å²) in [5.74, 6) is -2.55. The molecule has 0 fully saturated rings. The summed E-state index contributed by atoms with van der Waals surface area (Å²) in [6.07, 6.45) is 0.365. The number of allylic oxidation sites excluding steroid dienone is 1. The zero-order valence-electron chi connectivity index (χ0n) is 20.0. The molecule has 0 saturated carbocycles. The van der Waals surface area contributed by atoms with Crippen LogP contribution in [-0.4, -0.2) is 32.1 Å². The second-order valence-electron chi connectivity index (χ2n) is 8.76. The summed E-state index contributed by atoms with van der Waals surface area (Å²) in [6.45, 7) is 3.03. The molecular weight excluding hydrogens is 524 g/mol. The Balaban J connectivity index is 1.84. The van der Waals surface area contributed by atoms with Gasteiger partial charge in [0.2, 0.25) is 0 Å². The van der Waals surface area contributed by atoms with E-state index in [0.29, 0.717) is 11.1 Å². The quantitative estimate of drug-likeness (QED) is 0.350. The molecule has 6 nitrogen and oxygen atoms in total. The number of aryl methyl sites for hydroxylation is 1. The first kappa shape index (κ1) is 26.6. The van der Waals surface area contributed by atoms with Gasteiger partial charge in [-0.2, -0.15) is 0 Å². The molecule has 0 bridgehead atoms. The maximum atomic E-state index is 16.0. The maximum absolute atomic E-state index is 16.0. The van der Waals surface area contributed by atoms with Crippen LogP contribution in [0.1, 0.15) is 36.5 Å². The second kappa shape index (κ2) is 10.5. The third-order valence-corrected chi connectivity index (χ3v) is 8.08. The van der Waals surface area contributed by atoms with Gasteiger partial charge in [0, 0.05) is 17.5 Å². The van der Waals surface area contributed by atoms with E-state index in [1.807, 2.05) is 0 Å². The number of nitrogens with zero attached hydrogens (tertiary/aromatic N) is 1. The fraction of sp³-hybridized carbons (Fsp3) is 0.222. The average Bonchev–Trinajstić information content (AvgIpc) is 2.84. The second-order valence-corrected chi connectivity index (χ2v) is 11.0. The van der Waals surface area contributed by atoms with E-state index in [4.69, 9.17) is 21.4 Å². The highest BCUT2D eigenvalue weighted by Gasteiger charge is 2.37. The lowest BCUT2D eigenvalue weighted by atomic mass is 10.0. The number of carboxylic acids is 1. The number of hydrogen-bond acceptors (Lipinski definition) is 4. The third kappa shape index (κ3) is 5.47. The number of ether oxygens (including phenoxy) is 1. The van der Waals surface area contributed by atoms with Crippen LogP contribution in [0.3, 0.4) is 0 Å². The van der Waals surface area contributed by atoms with Gasteiger partial charge in [-0.05, 0) is 73.9 Å². The Bertz CT molecular complexity index is 1490. The number of sulfonamides is 1. The molecule has 1 atom stereocenters. The number of aliphatic carboxylic acids is 1. The van der Waals surface area contributed by atoms with Crippen molar-refractivity contribution in [2.24, 2.45) is 0 Å². The number of rotatable bonds is 7. The van der Waals surface area contributed by atoms with Crippen LogP contribution in [0.2, 0.25) is 5.02 Å². The Morgan fingerprint density at radius 2 is 1.92 bits per heavy atom. The van der Waals surface area contributed by atoms with E-state index < -0.39 is 33.7 Å². The molecule has 10 heteroatoms. The van der Waals surface area contributed by atoms with Crippen molar-refractivity contribution in [2.45, 2.75) is 37.7 Å². The van der Waals surface area contributed by atoms with Gasteiger partial charge in [0.15, 0.2) is 5.82 Å². The highest BCUT2D eigenvalue weighted by molar-refractivity contribution is 7.92. The van der Waals surface area contributed by atoms with Gasteiger partial charge in [0.25, 0.3) is 10.0 Å². The molecule has 0 saturated heterocycles. The van der Waals surface area contributed by atoms with Crippen molar-refractivity contribution in [1.82, 2.24) is 0 Å². The molecule has 4 rings (SSSR count). The molecule has 0 amide bonds. The molecular formula is C27H24ClF2NO5S. The Labute approximate surface area is 218 Å². The van der Waals surface area contributed by atoms with Crippen LogP contribution in [-0.2, 0) is 14.8 Å². The monoisotopic (exact) mass is 547 g/mol. The minimum atomic E-state index is -4.24. The summed E-state index contributed by atoms with van der Waals surface area (Å²) < 4.78 is 64.5. The van der Waals surface area contributed by atoms with E-state index >= 15 is 4.39 Å². The van der Waals surface area contributed by atoms with Gasteiger partial charge in [-0.25, -0.2) is 17.2 Å². The zero-order chi connectivity index (χ0) is 26.9. The highest BCUT2D eigenvalue weighted by atomic mass is 35.5. The molecule has 37 heavy (non-hydrogen) atoms. The van der Waals surface area contributed by atoms with E-state index in [2.05, 4.69) is 0 Å². The lowest BCUT2D eigenvalue weighted by Gasteiger charge is -2.36. The van der Waals surface area contributed by atoms with Crippen molar-refractivity contribution in [3.8, 4) is 5.75 Å². The van der Waals surface area contributed by atoms with E-state index in [1.165, 1.54) is 48.5 Å². The van der Waals surface area contributed by atoms with Gasteiger partial charge in [-0.3, -0.25) is 9.10 Å². The largest absolute Gasteiger partial charge is 0.486 e. The predicted octanol–water partition coefficient (Wildman–Crippen LogP) is 6.31. The van der Waals surface area contributed by atoms with E-state index in [1.54, 1.807) is 26.0 Å². The van der Waals surface area contributed by atoms with Gasteiger partial charge in [0.1, 0.15) is 23.4 Å². The minimum Gasteiger partial charge on any atom is -0.486 e. The van der Waals surface area contributed by atoms with Crippen LogP contribution in [0, 0.1) is 18.6 Å². The number of carbonyl (C=O) groups is 1. The molecule has 1 aliphatic rings. The SMILES string of the molecule is C/C(=C\c1ccc2c(c1F)N(S(=O)(=O)c1cccc(C)c1)C[C@H](CCC(=O)O)O2)c1c(F)cccc1Cl.